The summed E-state index contributed by atoms with van der Waals surface area (Å²) in [5.74, 6) is -2.34. The number of hydrogen-bond donors (Lipinski definition) is 0. The highest BCUT2D eigenvalue weighted by Crippen LogP contribution is 2.30. The van der Waals surface area contributed by atoms with E-state index in [1.165, 1.54) is 30.9 Å². The van der Waals surface area contributed by atoms with Gasteiger partial charge in [0.2, 0.25) is 0 Å². The lowest BCUT2D eigenvalue weighted by Crippen LogP contribution is -2.16. The molecule has 0 N–H and O–H groups in total. The molecule has 1 aliphatic rings. The lowest BCUT2D eigenvalue weighted by molar-refractivity contribution is 0.0733. The summed E-state index contributed by atoms with van der Waals surface area (Å²) in [6.45, 7) is 2.19. The maximum Gasteiger partial charge on any atom is 0.343 e. The van der Waals surface area contributed by atoms with Crippen molar-refractivity contribution < 1.29 is 18.3 Å². The van der Waals surface area contributed by atoms with Gasteiger partial charge in [0, 0.05) is 12.1 Å². The van der Waals surface area contributed by atoms with Crippen molar-refractivity contribution in [3.63, 3.8) is 0 Å². The molecule has 0 amide bonds. The number of esters is 1. The summed E-state index contributed by atoms with van der Waals surface area (Å²) in [5, 5.41) is 8.69. The van der Waals surface area contributed by atoms with Crippen LogP contribution in [0.15, 0.2) is 30.3 Å². The maximum atomic E-state index is 13.7. The normalized spacial score (nSPS) is 15.7. The van der Waals surface area contributed by atoms with Gasteiger partial charge in [-0.1, -0.05) is 32.3 Å². The third-order valence-electron chi connectivity index (χ3n) is 5.08. The molecule has 0 aliphatic heterocycles. The molecule has 0 radical (unpaired) electrons. The van der Waals surface area contributed by atoms with Crippen molar-refractivity contribution in [1.29, 1.82) is 5.26 Å². The van der Waals surface area contributed by atoms with Crippen molar-refractivity contribution >= 4 is 5.97 Å². The van der Waals surface area contributed by atoms with Crippen LogP contribution in [0.5, 0.6) is 5.75 Å². The first kappa shape index (κ1) is 19.0. The molecule has 0 aromatic heterocycles. The Balaban J connectivity index is 1.73. The number of carbonyl (C=O) groups is 1. The quantitative estimate of drug-likeness (QED) is 0.527. The van der Waals surface area contributed by atoms with Gasteiger partial charge in [-0.25, -0.2) is 13.6 Å². The highest BCUT2D eigenvalue weighted by Gasteiger charge is 2.21. The Kier molecular flexibility index (Phi) is 5.85. The Morgan fingerprint density at radius 2 is 1.96 bits per heavy atom. The van der Waals surface area contributed by atoms with E-state index < -0.39 is 23.2 Å². The van der Waals surface area contributed by atoms with Crippen molar-refractivity contribution in [3.8, 4) is 11.8 Å². The fourth-order valence-electron chi connectivity index (χ4n) is 3.58. The van der Waals surface area contributed by atoms with E-state index in [1.54, 1.807) is 6.07 Å². The standard InChI is InChI=1S/C22H21F2NO2/c1-2-3-4-14-5-6-16-10-17(8-7-15(16)9-14)22(26)27-18-11-20(23)19(13-25)21(24)12-18/h7-8,10-12,14H,2-6,9H2,1H3. The molecule has 3 nitrogen and oxygen atoms in total. The number of nitrogens with zero attached hydrogens (tertiary/aromatic N) is 1. The first-order chi connectivity index (χ1) is 13.0. The van der Waals surface area contributed by atoms with Gasteiger partial charge >= 0.3 is 5.97 Å². The third kappa shape index (κ3) is 4.33. The summed E-state index contributed by atoms with van der Waals surface area (Å²) in [4.78, 5) is 12.4. The zero-order chi connectivity index (χ0) is 19.4. The molecular weight excluding hydrogens is 348 g/mol. The molecule has 0 spiro atoms. The van der Waals surface area contributed by atoms with Crippen molar-refractivity contribution in [1.82, 2.24) is 0 Å². The molecule has 0 fully saturated rings. The number of carbonyl (C=O) groups excluding carboxylic acids is 1. The minimum atomic E-state index is -1.05. The van der Waals surface area contributed by atoms with Crippen molar-refractivity contribution in [3.05, 3.63) is 64.2 Å². The fourth-order valence-corrected chi connectivity index (χ4v) is 3.58. The molecule has 0 saturated carbocycles. The molecule has 2 aromatic rings. The van der Waals surface area contributed by atoms with E-state index in [4.69, 9.17) is 10.00 Å². The highest BCUT2D eigenvalue weighted by molar-refractivity contribution is 5.91. The smallest absolute Gasteiger partial charge is 0.343 e. The molecule has 2 aromatic carbocycles. The summed E-state index contributed by atoms with van der Waals surface area (Å²) >= 11 is 0. The monoisotopic (exact) mass is 369 g/mol. The number of rotatable bonds is 5. The number of fused-ring (bicyclic) bond motifs is 1. The largest absolute Gasteiger partial charge is 0.423 e. The summed E-state index contributed by atoms with van der Waals surface area (Å²) in [7, 11) is 0. The second kappa shape index (κ2) is 8.30. The van der Waals surface area contributed by atoms with Crippen molar-refractivity contribution in [2.45, 2.75) is 45.4 Å². The van der Waals surface area contributed by atoms with E-state index >= 15 is 0 Å². The summed E-state index contributed by atoms with van der Waals surface area (Å²) < 4.78 is 32.4. The van der Waals surface area contributed by atoms with Gasteiger partial charge in [0.05, 0.1) is 5.56 Å². The molecule has 27 heavy (non-hydrogen) atoms. The average Bonchev–Trinajstić information content (AvgIpc) is 2.65. The zero-order valence-corrected chi connectivity index (χ0v) is 15.2. The number of halogens is 2. The molecule has 3 rings (SSSR count). The number of hydrogen-bond acceptors (Lipinski definition) is 3. The molecule has 1 unspecified atom stereocenters. The van der Waals surface area contributed by atoms with Crippen LogP contribution in [0.1, 0.15) is 59.7 Å². The van der Waals surface area contributed by atoms with Gasteiger partial charge in [-0.05, 0) is 48.4 Å². The Morgan fingerprint density at radius 1 is 1.22 bits per heavy atom. The van der Waals surface area contributed by atoms with Gasteiger partial charge in [0.25, 0.3) is 0 Å². The molecule has 0 heterocycles. The predicted octanol–water partition coefficient (Wildman–Crippen LogP) is 5.35. The minimum Gasteiger partial charge on any atom is -0.423 e. The summed E-state index contributed by atoms with van der Waals surface area (Å²) in [5.41, 5.74) is 2.05. The van der Waals surface area contributed by atoms with Gasteiger partial charge in [-0.3, -0.25) is 0 Å². The van der Waals surface area contributed by atoms with Crippen LogP contribution in [0.2, 0.25) is 0 Å². The average molecular weight is 369 g/mol. The van der Waals surface area contributed by atoms with Crippen molar-refractivity contribution in [2.75, 3.05) is 0 Å². The molecular formula is C22H21F2NO2. The fraction of sp³-hybridized carbons (Fsp3) is 0.364. The van der Waals surface area contributed by atoms with Crippen LogP contribution in [-0.4, -0.2) is 5.97 Å². The van der Waals surface area contributed by atoms with Crippen LogP contribution in [0.4, 0.5) is 8.78 Å². The molecule has 0 bridgehead atoms. The lowest BCUT2D eigenvalue weighted by atomic mass is 9.81. The SMILES string of the molecule is CCCCC1CCc2cc(C(=O)Oc3cc(F)c(C#N)c(F)c3)ccc2C1. The first-order valence-corrected chi connectivity index (χ1v) is 9.25. The predicted molar refractivity (Wildman–Crippen MR) is 97.5 cm³/mol. The van der Waals surface area contributed by atoms with E-state index in [2.05, 4.69) is 6.92 Å². The number of nitriles is 1. The van der Waals surface area contributed by atoms with E-state index in [0.717, 1.165) is 37.0 Å². The Labute approximate surface area is 157 Å². The first-order valence-electron chi connectivity index (χ1n) is 9.25. The van der Waals surface area contributed by atoms with E-state index in [9.17, 15) is 13.6 Å². The number of benzene rings is 2. The molecule has 140 valence electrons. The third-order valence-corrected chi connectivity index (χ3v) is 5.08. The molecule has 1 aliphatic carbocycles. The highest BCUT2D eigenvalue weighted by atomic mass is 19.1. The van der Waals surface area contributed by atoms with Gasteiger partial charge in [-0.2, -0.15) is 5.26 Å². The van der Waals surface area contributed by atoms with Gasteiger partial charge in [-0.15, -0.1) is 0 Å². The van der Waals surface area contributed by atoms with Crippen LogP contribution in [0, 0.1) is 28.9 Å². The van der Waals surface area contributed by atoms with Gasteiger partial charge in [0.1, 0.15) is 29.0 Å². The maximum absolute atomic E-state index is 13.7. The lowest BCUT2D eigenvalue weighted by Gasteiger charge is -2.24. The summed E-state index contributed by atoms with van der Waals surface area (Å²) in [6, 6.07) is 8.57. The van der Waals surface area contributed by atoms with Crippen LogP contribution in [-0.2, 0) is 12.8 Å². The van der Waals surface area contributed by atoms with Crippen LogP contribution < -0.4 is 4.74 Å². The van der Waals surface area contributed by atoms with E-state index in [0.29, 0.717) is 11.5 Å². The number of ether oxygens (including phenoxy) is 1. The Morgan fingerprint density at radius 3 is 2.63 bits per heavy atom. The number of unbranched alkanes of at least 4 members (excludes halogenated alkanes) is 1. The van der Waals surface area contributed by atoms with Crippen LogP contribution in [0.25, 0.3) is 0 Å². The molecule has 0 saturated heterocycles. The molecule has 5 heteroatoms. The Bertz CT molecular complexity index is 879. The second-order valence-electron chi connectivity index (χ2n) is 7.00. The Hall–Kier alpha value is -2.74. The van der Waals surface area contributed by atoms with E-state index in [1.807, 2.05) is 12.1 Å². The molecule has 1 atom stereocenters. The van der Waals surface area contributed by atoms with Crippen molar-refractivity contribution in [2.24, 2.45) is 5.92 Å². The minimum absolute atomic E-state index is 0.258. The second-order valence-corrected chi connectivity index (χ2v) is 7.00. The number of aryl methyl sites for hydroxylation is 1. The van der Waals surface area contributed by atoms with Gasteiger partial charge in [0.15, 0.2) is 0 Å². The van der Waals surface area contributed by atoms with Gasteiger partial charge < -0.3 is 4.74 Å². The summed E-state index contributed by atoms with van der Waals surface area (Å²) in [6.07, 6.45) is 6.72. The zero-order valence-electron chi connectivity index (χ0n) is 15.2. The topological polar surface area (TPSA) is 50.1 Å². The van der Waals surface area contributed by atoms with E-state index in [-0.39, 0.29) is 5.75 Å². The van der Waals surface area contributed by atoms with Crippen LogP contribution >= 0.6 is 0 Å². The van der Waals surface area contributed by atoms with Crippen LogP contribution in [0.3, 0.4) is 0 Å².